The first kappa shape index (κ1) is 19.0. The maximum Gasteiger partial charge on any atom is 0.336 e. The first-order valence-corrected chi connectivity index (χ1v) is 8.43. The predicted octanol–water partition coefficient (Wildman–Crippen LogP) is 3.39. The lowest BCUT2D eigenvalue weighted by atomic mass is 9.80. The van der Waals surface area contributed by atoms with Gasteiger partial charge in [0.05, 0.1) is 17.9 Å². The van der Waals surface area contributed by atoms with E-state index in [9.17, 15) is 9.18 Å². The average molecular weight is 366 g/mol. The van der Waals surface area contributed by atoms with Crippen LogP contribution in [0.25, 0.3) is 0 Å². The summed E-state index contributed by atoms with van der Waals surface area (Å²) in [6.07, 6.45) is 2.60. The van der Waals surface area contributed by atoms with E-state index in [0.717, 1.165) is 6.42 Å². The number of benzene rings is 1. The Kier molecular flexibility index (Phi) is 6.20. The van der Waals surface area contributed by atoms with Crippen molar-refractivity contribution in [2.75, 3.05) is 6.61 Å². The summed E-state index contributed by atoms with van der Waals surface area (Å²) in [6, 6.07) is 3.99. The molecule has 0 aromatic heterocycles. The molecule has 0 saturated carbocycles. The monoisotopic (exact) mass is 365 g/mol. The fourth-order valence-corrected chi connectivity index (χ4v) is 3.13. The fourth-order valence-electron chi connectivity index (χ4n) is 2.85. The number of rotatable bonds is 5. The topological polar surface area (TPSA) is 90.7 Å². The van der Waals surface area contributed by atoms with Crippen LogP contribution in [0.5, 0.6) is 0 Å². The van der Waals surface area contributed by atoms with E-state index < -0.39 is 17.7 Å². The number of nitrogens with two attached hydrogens (primary N) is 2. The van der Waals surface area contributed by atoms with Gasteiger partial charge in [-0.1, -0.05) is 31.0 Å². The normalized spacial score (nSPS) is 19.1. The smallest absolute Gasteiger partial charge is 0.336 e. The molecule has 1 atom stereocenters. The number of nitrogens with zero attached hydrogens (tertiary/aromatic N) is 1. The number of esters is 1. The zero-order chi connectivity index (χ0) is 18.6. The third kappa shape index (κ3) is 3.85. The number of aliphatic imine (C=N–C) groups is 1. The molecule has 134 valence electrons. The van der Waals surface area contributed by atoms with Gasteiger partial charge in [-0.3, -0.25) is 0 Å². The summed E-state index contributed by atoms with van der Waals surface area (Å²) in [5.41, 5.74) is 13.6. The molecule has 2 rings (SSSR count). The van der Waals surface area contributed by atoms with Gasteiger partial charge in [0.25, 0.3) is 0 Å². The molecule has 5 nitrogen and oxygen atoms in total. The second kappa shape index (κ2) is 8.16. The van der Waals surface area contributed by atoms with Crippen molar-refractivity contribution in [1.29, 1.82) is 0 Å². The number of carbonyl (C=O) groups excluding carboxylic acids is 1. The lowest BCUT2D eigenvalue weighted by molar-refractivity contribution is -0.138. The predicted molar refractivity (Wildman–Crippen MR) is 96.6 cm³/mol. The largest absolute Gasteiger partial charge is 0.463 e. The molecule has 0 bridgehead atoms. The Bertz CT molecular complexity index is 772. The summed E-state index contributed by atoms with van der Waals surface area (Å²) in [5.74, 6) is -1.42. The van der Waals surface area contributed by atoms with Gasteiger partial charge in [0.15, 0.2) is 0 Å². The van der Waals surface area contributed by atoms with Crippen molar-refractivity contribution in [3.05, 3.63) is 57.6 Å². The molecular weight excluding hydrogens is 345 g/mol. The number of amidine groups is 1. The molecule has 0 radical (unpaired) electrons. The Hall–Kier alpha value is -2.34. The minimum atomic E-state index is -0.656. The number of carbonyl (C=O) groups is 1. The Morgan fingerprint density at radius 1 is 1.44 bits per heavy atom. The molecule has 0 spiro atoms. The summed E-state index contributed by atoms with van der Waals surface area (Å²) in [5, 5.41) is 0.177. The molecule has 0 amide bonds. The molecule has 4 N–H and O–H groups in total. The molecule has 0 fully saturated rings. The quantitative estimate of drug-likeness (QED) is 0.782. The average Bonchev–Trinajstić information content (AvgIpc) is 2.55. The van der Waals surface area contributed by atoms with Gasteiger partial charge in [0.1, 0.15) is 11.7 Å². The van der Waals surface area contributed by atoms with Gasteiger partial charge >= 0.3 is 5.97 Å². The zero-order valence-electron chi connectivity index (χ0n) is 14.2. The van der Waals surface area contributed by atoms with Gasteiger partial charge in [-0.15, -0.1) is 0 Å². The molecule has 25 heavy (non-hydrogen) atoms. The molecule has 1 unspecified atom stereocenters. The van der Waals surface area contributed by atoms with E-state index in [0.29, 0.717) is 28.8 Å². The molecule has 1 aromatic rings. The van der Waals surface area contributed by atoms with Gasteiger partial charge in [-0.2, -0.15) is 0 Å². The van der Waals surface area contributed by atoms with E-state index in [-0.39, 0.29) is 17.5 Å². The van der Waals surface area contributed by atoms with Crippen LogP contribution in [0.2, 0.25) is 5.02 Å². The molecule has 1 aromatic carbocycles. The second-order valence-electron chi connectivity index (χ2n) is 5.55. The summed E-state index contributed by atoms with van der Waals surface area (Å²) in [4.78, 5) is 17.0. The zero-order valence-corrected chi connectivity index (χ0v) is 14.9. The highest BCUT2D eigenvalue weighted by Crippen LogP contribution is 2.41. The highest BCUT2D eigenvalue weighted by Gasteiger charge is 2.36. The number of hydrogen-bond donors (Lipinski definition) is 2. The van der Waals surface area contributed by atoms with Crippen LogP contribution < -0.4 is 11.5 Å². The van der Waals surface area contributed by atoms with Gasteiger partial charge < -0.3 is 16.2 Å². The SMILES string of the molecule is CCCC1=C(C(=O)OCC)C(c2ccc(F)cc2Cl)/C(=C/N)C(N)=N1. The Labute approximate surface area is 151 Å². The van der Waals surface area contributed by atoms with Crippen molar-refractivity contribution < 1.29 is 13.9 Å². The van der Waals surface area contributed by atoms with E-state index in [1.807, 2.05) is 6.92 Å². The first-order valence-electron chi connectivity index (χ1n) is 8.05. The van der Waals surface area contributed by atoms with Gasteiger partial charge in [-0.05, 0) is 31.0 Å². The lowest BCUT2D eigenvalue weighted by Crippen LogP contribution is -2.30. The van der Waals surface area contributed by atoms with E-state index >= 15 is 0 Å². The molecule has 7 heteroatoms. The maximum atomic E-state index is 13.5. The third-order valence-corrected chi connectivity index (χ3v) is 4.22. The first-order chi connectivity index (χ1) is 11.9. The lowest BCUT2D eigenvalue weighted by Gasteiger charge is -2.28. The van der Waals surface area contributed by atoms with E-state index in [4.69, 9.17) is 27.8 Å². The molecule has 1 heterocycles. The number of hydrogen-bond acceptors (Lipinski definition) is 5. The highest BCUT2D eigenvalue weighted by atomic mass is 35.5. The van der Waals surface area contributed by atoms with Crippen LogP contribution in [-0.2, 0) is 9.53 Å². The number of ether oxygens (including phenoxy) is 1. The van der Waals surface area contributed by atoms with Gasteiger partial charge in [0.2, 0.25) is 0 Å². The van der Waals surface area contributed by atoms with Crippen molar-refractivity contribution in [2.24, 2.45) is 16.5 Å². The Morgan fingerprint density at radius 2 is 2.16 bits per heavy atom. The molecule has 0 saturated heterocycles. The van der Waals surface area contributed by atoms with E-state index in [2.05, 4.69) is 4.99 Å². The van der Waals surface area contributed by atoms with Crippen LogP contribution in [0, 0.1) is 5.82 Å². The van der Waals surface area contributed by atoms with Crippen molar-refractivity contribution in [1.82, 2.24) is 0 Å². The summed E-state index contributed by atoms with van der Waals surface area (Å²) in [7, 11) is 0. The van der Waals surface area contributed by atoms with E-state index in [1.54, 1.807) is 6.92 Å². The van der Waals surface area contributed by atoms with Crippen LogP contribution in [0.4, 0.5) is 4.39 Å². The van der Waals surface area contributed by atoms with Gasteiger partial charge in [-0.25, -0.2) is 14.2 Å². The maximum absolute atomic E-state index is 13.5. The van der Waals surface area contributed by atoms with E-state index in [1.165, 1.54) is 24.4 Å². The number of allylic oxidation sites excluding steroid dienone is 1. The number of halogens is 2. The Morgan fingerprint density at radius 3 is 2.72 bits per heavy atom. The molecule has 1 aliphatic heterocycles. The summed E-state index contributed by atoms with van der Waals surface area (Å²) >= 11 is 6.24. The van der Waals surface area contributed by atoms with Crippen molar-refractivity contribution in [2.45, 2.75) is 32.6 Å². The fraction of sp³-hybridized carbons (Fsp3) is 0.333. The van der Waals surface area contributed by atoms with Crippen LogP contribution in [0.3, 0.4) is 0 Å². The van der Waals surface area contributed by atoms with Crippen molar-refractivity contribution in [3.63, 3.8) is 0 Å². The minimum Gasteiger partial charge on any atom is -0.463 e. The molecule has 1 aliphatic rings. The van der Waals surface area contributed by atoms with Gasteiger partial charge in [0, 0.05) is 22.7 Å². The molecular formula is C18H21ClFN3O2. The summed E-state index contributed by atoms with van der Waals surface area (Å²) < 4.78 is 18.7. The van der Waals surface area contributed by atoms with Crippen molar-refractivity contribution >= 4 is 23.4 Å². The van der Waals surface area contributed by atoms with Crippen LogP contribution >= 0.6 is 11.6 Å². The summed E-state index contributed by atoms with van der Waals surface area (Å²) in [6.45, 7) is 3.90. The van der Waals surface area contributed by atoms with Crippen LogP contribution in [0.1, 0.15) is 38.2 Å². The highest BCUT2D eigenvalue weighted by molar-refractivity contribution is 6.31. The molecule has 0 aliphatic carbocycles. The van der Waals surface area contributed by atoms with Crippen LogP contribution in [0.15, 0.2) is 46.2 Å². The van der Waals surface area contributed by atoms with Crippen LogP contribution in [-0.4, -0.2) is 18.4 Å². The third-order valence-electron chi connectivity index (χ3n) is 3.90. The minimum absolute atomic E-state index is 0.177. The standard InChI is InChI=1S/C18H21ClFN3O2/c1-3-5-14-16(18(24)25-4-2)15(12(9-21)17(22)23-14)11-7-6-10(20)8-13(11)19/h6-9,15H,3-5,21H2,1-2H3,(H2,22,23)/b12-9-. The second-order valence-corrected chi connectivity index (χ2v) is 5.96. The Balaban J connectivity index is 2.72. The van der Waals surface area contributed by atoms with Crippen molar-refractivity contribution in [3.8, 4) is 0 Å².